The molecule has 0 saturated heterocycles. The van der Waals surface area contributed by atoms with Crippen molar-refractivity contribution in [3.8, 4) is 0 Å². The third-order valence-corrected chi connectivity index (χ3v) is 7.37. The molecule has 0 aromatic heterocycles. The number of hydrogen-bond acceptors (Lipinski definition) is 0. The van der Waals surface area contributed by atoms with Crippen molar-refractivity contribution in [1.82, 2.24) is 0 Å². The highest BCUT2D eigenvalue weighted by atomic mass is 14.4. The highest BCUT2D eigenvalue weighted by Gasteiger charge is 2.38. The second-order valence-electron chi connectivity index (χ2n) is 9.21. The Bertz CT molecular complexity index is 1130. The maximum absolute atomic E-state index is 2.47. The molecule has 0 aliphatic heterocycles. The van der Waals surface area contributed by atoms with Crippen LogP contribution in [0.25, 0.3) is 12.2 Å². The van der Waals surface area contributed by atoms with Gasteiger partial charge < -0.3 is 0 Å². The van der Waals surface area contributed by atoms with E-state index in [0.717, 1.165) is 0 Å². The summed E-state index contributed by atoms with van der Waals surface area (Å²) in [7, 11) is 0. The first-order valence-corrected chi connectivity index (χ1v) is 11.1. The van der Waals surface area contributed by atoms with Crippen molar-refractivity contribution < 1.29 is 0 Å². The summed E-state index contributed by atoms with van der Waals surface area (Å²) in [5.74, 6) is 1.17. The fraction of sp³-hybridized carbons (Fsp3) is 0.267. The Hall–Kier alpha value is -2.86. The third kappa shape index (κ3) is 2.82. The van der Waals surface area contributed by atoms with Crippen molar-refractivity contribution in [2.75, 3.05) is 0 Å². The van der Waals surface area contributed by atoms with Crippen molar-refractivity contribution in [2.45, 2.75) is 52.4 Å². The molecule has 5 rings (SSSR count). The SMILES string of the molecule is Cc1ccccc1C(C1C=Cc2c(C)ccc(C)c21)C1C=Cc2c(C)ccc(C)c21. The van der Waals surface area contributed by atoms with Crippen LogP contribution in [0.2, 0.25) is 0 Å². The van der Waals surface area contributed by atoms with E-state index < -0.39 is 0 Å². The van der Waals surface area contributed by atoms with Crippen LogP contribution < -0.4 is 0 Å². The van der Waals surface area contributed by atoms with E-state index in [1.165, 1.54) is 55.6 Å². The molecule has 0 nitrogen and oxygen atoms in total. The van der Waals surface area contributed by atoms with E-state index in [-0.39, 0.29) is 0 Å². The van der Waals surface area contributed by atoms with Gasteiger partial charge in [-0.15, -0.1) is 0 Å². The van der Waals surface area contributed by atoms with Gasteiger partial charge in [0, 0.05) is 17.8 Å². The molecule has 3 aromatic carbocycles. The van der Waals surface area contributed by atoms with Crippen molar-refractivity contribution in [2.24, 2.45) is 0 Å². The summed E-state index contributed by atoms with van der Waals surface area (Å²) in [6.45, 7) is 11.3. The third-order valence-electron chi connectivity index (χ3n) is 7.37. The molecule has 0 heterocycles. The number of benzene rings is 3. The molecule has 0 N–H and O–H groups in total. The van der Waals surface area contributed by atoms with Crippen LogP contribution in [0.3, 0.4) is 0 Å². The average molecular weight is 391 g/mol. The topological polar surface area (TPSA) is 0 Å². The lowest BCUT2D eigenvalue weighted by molar-refractivity contribution is 0.565. The van der Waals surface area contributed by atoms with E-state index in [2.05, 4.69) is 107 Å². The molecule has 0 fully saturated rings. The lowest BCUT2D eigenvalue weighted by Gasteiger charge is -2.33. The Morgan fingerprint density at radius 1 is 0.533 bits per heavy atom. The van der Waals surface area contributed by atoms with Gasteiger partial charge in [-0.25, -0.2) is 0 Å². The number of hydrogen-bond donors (Lipinski definition) is 0. The Labute approximate surface area is 181 Å². The Morgan fingerprint density at radius 2 is 1.00 bits per heavy atom. The lowest BCUT2D eigenvalue weighted by atomic mass is 9.70. The van der Waals surface area contributed by atoms with Crippen molar-refractivity contribution in [3.63, 3.8) is 0 Å². The van der Waals surface area contributed by atoms with Crippen LogP contribution in [-0.4, -0.2) is 0 Å². The van der Waals surface area contributed by atoms with E-state index in [1.807, 2.05) is 0 Å². The molecule has 2 atom stereocenters. The van der Waals surface area contributed by atoms with Gasteiger partial charge in [0.2, 0.25) is 0 Å². The maximum Gasteiger partial charge on any atom is 0.0108 e. The van der Waals surface area contributed by atoms with Crippen molar-refractivity contribution in [1.29, 1.82) is 0 Å². The number of rotatable bonds is 3. The Morgan fingerprint density at radius 3 is 1.50 bits per heavy atom. The molecule has 0 bridgehead atoms. The van der Waals surface area contributed by atoms with Gasteiger partial charge in [0.15, 0.2) is 0 Å². The Kier molecular flexibility index (Phi) is 4.54. The first kappa shape index (κ1) is 19.1. The molecule has 0 radical (unpaired) electrons. The first-order chi connectivity index (χ1) is 14.5. The van der Waals surface area contributed by atoms with Crippen LogP contribution >= 0.6 is 0 Å². The highest BCUT2D eigenvalue weighted by molar-refractivity contribution is 5.72. The van der Waals surface area contributed by atoms with Crippen LogP contribution in [0.1, 0.15) is 73.4 Å². The molecule has 2 unspecified atom stereocenters. The summed E-state index contributed by atoms with van der Waals surface area (Å²) in [6.07, 6.45) is 9.68. The zero-order valence-electron chi connectivity index (χ0n) is 18.7. The molecule has 2 aliphatic carbocycles. The normalized spacial score (nSPS) is 19.8. The van der Waals surface area contributed by atoms with E-state index in [4.69, 9.17) is 0 Å². The van der Waals surface area contributed by atoms with Gasteiger partial charge in [-0.2, -0.15) is 0 Å². The molecule has 3 aromatic rings. The second kappa shape index (κ2) is 7.13. The monoisotopic (exact) mass is 390 g/mol. The number of aryl methyl sites for hydroxylation is 5. The zero-order chi connectivity index (χ0) is 21.0. The van der Waals surface area contributed by atoms with Gasteiger partial charge in [-0.05, 0) is 90.3 Å². The maximum atomic E-state index is 2.47. The van der Waals surface area contributed by atoms with Crippen LogP contribution in [0, 0.1) is 34.6 Å². The van der Waals surface area contributed by atoms with Crippen LogP contribution in [0.5, 0.6) is 0 Å². The number of allylic oxidation sites excluding steroid dienone is 2. The van der Waals surface area contributed by atoms with Gasteiger partial charge in [-0.3, -0.25) is 0 Å². The molecule has 0 heteroatoms. The molecule has 150 valence electrons. The van der Waals surface area contributed by atoms with Gasteiger partial charge >= 0.3 is 0 Å². The van der Waals surface area contributed by atoms with Crippen LogP contribution in [0.4, 0.5) is 0 Å². The summed E-state index contributed by atoms with van der Waals surface area (Å²) < 4.78 is 0. The second-order valence-corrected chi connectivity index (χ2v) is 9.21. The summed E-state index contributed by atoms with van der Waals surface area (Å²) in [4.78, 5) is 0. The molecule has 2 aliphatic rings. The van der Waals surface area contributed by atoms with Crippen LogP contribution in [0.15, 0.2) is 60.7 Å². The fourth-order valence-electron chi connectivity index (χ4n) is 5.80. The minimum absolute atomic E-state index is 0.390. The van der Waals surface area contributed by atoms with Gasteiger partial charge in [0.05, 0.1) is 0 Å². The zero-order valence-corrected chi connectivity index (χ0v) is 18.7. The molecule has 0 amide bonds. The van der Waals surface area contributed by atoms with Gasteiger partial charge in [0.25, 0.3) is 0 Å². The van der Waals surface area contributed by atoms with E-state index in [1.54, 1.807) is 0 Å². The minimum atomic E-state index is 0.390. The molecule has 0 saturated carbocycles. The predicted molar refractivity (Wildman–Crippen MR) is 129 cm³/mol. The smallest absolute Gasteiger partial charge is 0.0108 e. The van der Waals surface area contributed by atoms with Gasteiger partial charge in [0.1, 0.15) is 0 Å². The predicted octanol–water partition coefficient (Wildman–Crippen LogP) is 7.93. The van der Waals surface area contributed by atoms with Crippen molar-refractivity contribution >= 4 is 12.2 Å². The summed E-state index contributed by atoms with van der Waals surface area (Å²) in [5.41, 5.74) is 14.4. The standard InChI is InChI=1S/C30H30/c1-18-8-6-7-9-23(18)30(26-16-14-24-19(2)10-12-21(4)28(24)26)27-17-15-25-20(3)11-13-22(5)29(25)27/h6-17,26-27,30H,1-5H3. The quantitative estimate of drug-likeness (QED) is 0.426. The summed E-state index contributed by atoms with van der Waals surface area (Å²) in [5, 5.41) is 0. The van der Waals surface area contributed by atoms with E-state index in [0.29, 0.717) is 17.8 Å². The average Bonchev–Trinajstić information content (AvgIpc) is 3.37. The van der Waals surface area contributed by atoms with E-state index in [9.17, 15) is 0 Å². The fourth-order valence-corrected chi connectivity index (χ4v) is 5.80. The van der Waals surface area contributed by atoms with Crippen molar-refractivity contribution in [3.05, 3.63) is 116 Å². The molecular formula is C30H30. The number of fused-ring (bicyclic) bond motifs is 2. The minimum Gasteiger partial charge on any atom is -0.0757 e. The molecular weight excluding hydrogens is 360 g/mol. The van der Waals surface area contributed by atoms with Crippen LogP contribution in [-0.2, 0) is 0 Å². The summed E-state index contributed by atoms with van der Waals surface area (Å²) in [6, 6.07) is 18.1. The van der Waals surface area contributed by atoms with E-state index >= 15 is 0 Å². The lowest BCUT2D eigenvalue weighted by Crippen LogP contribution is -2.18. The Balaban J connectivity index is 1.74. The summed E-state index contributed by atoms with van der Waals surface area (Å²) >= 11 is 0. The molecule has 0 spiro atoms. The largest absolute Gasteiger partial charge is 0.0757 e. The molecule has 30 heavy (non-hydrogen) atoms. The first-order valence-electron chi connectivity index (χ1n) is 11.1. The highest BCUT2D eigenvalue weighted by Crippen LogP contribution is 2.53. The van der Waals surface area contributed by atoms with Gasteiger partial charge in [-0.1, -0.05) is 72.8 Å².